The Labute approximate surface area is 247 Å². The summed E-state index contributed by atoms with van der Waals surface area (Å²) in [6.45, 7) is 2.36. The first-order chi connectivity index (χ1) is 20.1. The molecular formula is C30H51N2O10+. The first-order valence-electron chi connectivity index (χ1n) is 15.9. The summed E-state index contributed by atoms with van der Waals surface area (Å²) in [5.74, 6) is -2.62. The molecule has 0 radical (unpaired) electrons. The first-order valence-corrected chi connectivity index (χ1v) is 15.9. The summed E-state index contributed by atoms with van der Waals surface area (Å²) < 4.78 is 17.6. The third-order valence-electron chi connectivity index (χ3n) is 11.1. The van der Waals surface area contributed by atoms with Crippen LogP contribution in [0.15, 0.2) is 0 Å². The minimum absolute atomic E-state index is 0.0266. The van der Waals surface area contributed by atoms with Crippen molar-refractivity contribution in [1.82, 2.24) is 0 Å². The number of piperidine rings is 1. The summed E-state index contributed by atoms with van der Waals surface area (Å²) in [7, 11) is 1.56. The van der Waals surface area contributed by atoms with Gasteiger partial charge in [-0.05, 0) is 43.9 Å². The van der Waals surface area contributed by atoms with E-state index in [2.05, 4.69) is 5.32 Å². The Morgan fingerprint density at radius 1 is 0.905 bits per heavy atom. The van der Waals surface area contributed by atoms with Crippen LogP contribution >= 0.6 is 0 Å². The van der Waals surface area contributed by atoms with Gasteiger partial charge in [0.15, 0.2) is 6.29 Å². The molecule has 42 heavy (non-hydrogen) atoms. The second kappa shape index (κ2) is 13.5. The van der Waals surface area contributed by atoms with Crippen molar-refractivity contribution in [2.45, 2.75) is 113 Å². The number of hydrogen-bond acceptors (Lipinski definition) is 11. The van der Waals surface area contributed by atoms with Crippen LogP contribution in [0.2, 0.25) is 0 Å². The minimum Gasteiger partial charge on any atom is -0.394 e. The van der Waals surface area contributed by atoms with Gasteiger partial charge in [-0.2, -0.15) is 0 Å². The number of rotatable bonds is 8. The third-order valence-corrected chi connectivity index (χ3v) is 11.1. The molecule has 16 atom stereocenters. The van der Waals surface area contributed by atoms with Crippen LogP contribution in [0.25, 0.3) is 0 Å². The fourth-order valence-corrected chi connectivity index (χ4v) is 8.82. The summed E-state index contributed by atoms with van der Waals surface area (Å²) >= 11 is 0. The van der Waals surface area contributed by atoms with E-state index in [1.165, 1.54) is 0 Å². The van der Waals surface area contributed by atoms with Gasteiger partial charge in [-0.15, -0.1) is 0 Å². The number of Topliss-reactive ketones (excluding diaryl/α,β-unsaturated/α-hetero) is 2. The number of aliphatic hydroxyl groups excluding tert-OH is 5. The number of quaternary nitrogens is 1. The second-order valence-corrected chi connectivity index (χ2v) is 13.5. The number of nitrogens with two attached hydrogens (primary N) is 2. The Morgan fingerprint density at radius 2 is 1.64 bits per heavy atom. The molecule has 3 aliphatic carbocycles. The van der Waals surface area contributed by atoms with Gasteiger partial charge in [-0.25, -0.2) is 0 Å². The Hall–Kier alpha value is -1.06. The molecule has 0 aromatic heterocycles. The molecule has 11 unspecified atom stereocenters. The Bertz CT molecular complexity index is 945. The highest BCUT2D eigenvalue weighted by atomic mass is 16.7. The van der Waals surface area contributed by atoms with Crippen LogP contribution in [0.5, 0.6) is 0 Å². The summed E-state index contributed by atoms with van der Waals surface area (Å²) in [6.07, 6.45) is -3.50. The molecule has 9 N–H and O–H groups in total. The molecule has 0 bridgehead atoms. The van der Waals surface area contributed by atoms with E-state index in [1.54, 1.807) is 7.11 Å². The van der Waals surface area contributed by atoms with Crippen LogP contribution in [0, 0.1) is 41.4 Å². The van der Waals surface area contributed by atoms with Gasteiger partial charge in [-0.1, -0.05) is 13.3 Å². The van der Waals surface area contributed by atoms with E-state index in [4.69, 9.17) is 19.9 Å². The molecule has 5 fully saturated rings. The van der Waals surface area contributed by atoms with Crippen LogP contribution in [-0.2, 0) is 23.8 Å². The topological polar surface area (TPSA) is 206 Å². The zero-order valence-electron chi connectivity index (χ0n) is 24.7. The lowest BCUT2D eigenvalue weighted by atomic mass is 9.52. The lowest BCUT2D eigenvalue weighted by Gasteiger charge is -2.53. The van der Waals surface area contributed by atoms with E-state index in [9.17, 15) is 35.1 Å². The number of carbonyl (C=O) groups excluding carboxylic acids is 2. The molecule has 240 valence electrons. The molecule has 0 amide bonds. The summed E-state index contributed by atoms with van der Waals surface area (Å²) in [5, 5.41) is 54.2. The second-order valence-electron chi connectivity index (χ2n) is 13.5. The van der Waals surface area contributed by atoms with Crippen molar-refractivity contribution in [3.8, 4) is 0 Å². The molecule has 3 saturated carbocycles. The fraction of sp³-hybridized carbons (Fsp3) is 0.933. The van der Waals surface area contributed by atoms with Gasteiger partial charge < -0.3 is 45.1 Å². The molecule has 12 heteroatoms. The lowest BCUT2D eigenvalue weighted by molar-refractivity contribution is -0.702. The van der Waals surface area contributed by atoms with Crippen molar-refractivity contribution in [3.63, 3.8) is 0 Å². The highest BCUT2D eigenvalue weighted by Crippen LogP contribution is 2.52. The maximum Gasteiger partial charge on any atom is 0.186 e. The van der Waals surface area contributed by atoms with Crippen molar-refractivity contribution < 1.29 is 54.6 Å². The van der Waals surface area contributed by atoms with Gasteiger partial charge in [0.2, 0.25) is 0 Å². The van der Waals surface area contributed by atoms with Gasteiger partial charge in [-0.3, -0.25) is 15.3 Å². The molecule has 2 aliphatic heterocycles. The molecule has 0 spiro atoms. The zero-order valence-corrected chi connectivity index (χ0v) is 24.7. The zero-order chi connectivity index (χ0) is 30.3. The molecule has 5 aliphatic rings. The summed E-state index contributed by atoms with van der Waals surface area (Å²) in [4.78, 5) is 28.6. The molecule has 2 heterocycles. The van der Waals surface area contributed by atoms with Gasteiger partial charge >= 0.3 is 0 Å². The van der Waals surface area contributed by atoms with E-state index in [1.807, 2.05) is 6.92 Å². The summed E-state index contributed by atoms with van der Waals surface area (Å²) in [6, 6.07) is 0. The number of hydrogen-bond donors (Lipinski definition) is 7. The number of methoxy groups -OCH3 is 1. The van der Waals surface area contributed by atoms with E-state index >= 15 is 0 Å². The largest absolute Gasteiger partial charge is 0.394 e. The monoisotopic (exact) mass is 599 g/mol. The Morgan fingerprint density at radius 3 is 2.29 bits per heavy atom. The fourth-order valence-electron chi connectivity index (χ4n) is 8.82. The van der Waals surface area contributed by atoms with Crippen molar-refractivity contribution in [3.05, 3.63) is 0 Å². The van der Waals surface area contributed by atoms with Crippen molar-refractivity contribution in [2.24, 2.45) is 47.2 Å². The smallest absolute Gasteiger partial charge is 0.186 e. The third kappa shape index (κ3) is 6.09. The average molecular weight is 600 g/mol. The van der Waals surface area contributed by atoms with Crippen LogP contribution in [0.3, 0.4) is 0 Å². The van der Waals surface area contributed by atoms with Crippen molar-refractivity contribution in [2.75, 3.05) is 20.3 Å². The van der Waals surface area contributed by atoms with E-state index in [-0.39, 0.29) is 36.0 Å². The van der Waals surface area contributed by atoms with Crippen molar-refractivity contribution >= 4 is 11.6 Å². The molecule has 0 aromatic carbocycles. The molecule has 2 saturated heterocycles. The summed E-state index contributed by atoms with van der Waals surface area (Å²) in [5.41, 5.74) is 6.02. The van der Waals surface area contributed by atoms with Crippen LogP contribution < -0.4 is 11.1 Å². The van der Waals surface area contributed by atoms with Gasteiger partial charge in [0.1, 0.15) is 42.1 Å². The van der Waals surface area contributed by atoms with Gasteiger partial charge in [0, 0.05) is 37.7 Å². The minimum atomic E-state index is -1.63. The number of carbonyl (C=O) groups is 2. The van der Waals surface area contributed by atoms with E-state index in [0.29, 0.717) is 25.2 Å². The number of fused-ring (bicyclic) bond motifs is 2. The predicted octanol–water partition coefficient (Wildman–Crippen LogP) is -1.96. The highest BCUT2D eigenvalue weighted by Gasteiger charge is 2.61. The molecule has 12 nitrogen and oxygen atoms in total. The van der Waals surface area contributed by atoms with Crippen molar-refractivity contribution in [1.29, 1.82) is 0 Å². The molecule has 0 aromatic rings. The van der Waals surface area contributed by atoms with Gasteiger partial charge in [0.25, 0.3) is 0 Å². The van der Waals surface area contributed by atoms with Gasteiger partial charge in [0.05, 0.1) is 43.3 Å². The Balaban J connectivity index is 1.35. The van der Waals surface area contributed by atoms with Crippen LogP contribution in [0.4, 0.5) is 0 Å². The molecule has 5 rings (SSSR count). The first kappa shape index (κ1) is 32.3. The molecular weight excluding hydrogens is 548 g/mol. The maximum absolute atomic E-state index is 14.3. The maximum atomic E-state index is 14.3. The van der Waals surface area contributed by atoms with Crippen LogP contribution in [-0.4, -0.2) is 113 Å². The van der Waals surface area contributed by atoms with Crippen LogP contribution in [0.1, 0.15) is 58.3 Å². The number of ether oxygens (including phenoxy) is 3. The Kier molecular flexibility index (Phi) is 10.4. The highest BCUT2D eigenvalue weighted by molar-refractivity contribution is 6.00. The SMILES string of the molecule is CCC1C(OC)CC(O[C@H]2O[C@H](CO)[C@@H](O)[C@H](O)[C@H]2O)C2C(=O)C3C(O)CC(CCC4CCC(N)[NH2+]C4)CC3C(=O)C12. The van der Waals surface area contributed by atoms with E-state index in [0.717, 1.165) is 32.2 Å². The normalized spacial score (nSPS) is 49.8. The standard InChI is InChI=1S/C30H50N2O10/c1-3-15-18(40-2)10-19(41-30-29(39)28(38)26(36)20(12-33)42-30)24-23(15)25(35)16-8-14(9-17(34)22(16)27(24)37)5-4-13-6-7-21(31)32-11-13/h13-24,26,28-30,32-34,36,38-39H,3-12,31H2,1-2H3/p+1/t13?,14?,15?,16?,17?,18?,19?,20-,21?,22?,23?,24?,26-,28+,29-,30+/m1/s1. The quantitative estimate of drug-likeness (QED) is 0.163. The predicted molar refractivity (Wildman–Crippen MR) is 147 cm³/mol. The number of aliphatic hydroxyl groups is 5. The van der Waals surface area contributed by atoms with E-state index < -0.39 is 79.3 Å². The average Bonchev–Trinajstić information content (AvgIpc) is 2.98. The number of ketones is 2. The lowest BCUT2D eigenvalue weighted by Crippen LogP contribution is -2.95.